The van der Waals surface area contributed by atoms with E-state index in [1.165, 1.54) is 0 Å². The topological polar surface area (TPSA) is 12.0 Å². The Balaban J connectivity index is 3.19. The molecule has 0 aliphatic heterocycles. The maximum atomic E-state index is 12.8. The molecule has 1 nitrogen and oxygen atoms in total. The van der Waals surface area contributed by atoms with Gasteiger partial charge in [-0.25, -0.2) is 13.2 Å². The van der Waals surface area contributed by atoms with E-state index in [0.29, 0.717) is 0 Å². The molecule has 1 unspecified atom stereocenters. The second-order valence-corrected chi connectivity index (χ2v) is 2.69. The predicted molar refractivity (Wildman–Crippen MR) is 46.9 cm³/mol. The number of terminal acetylenes is 1. The predicted octanol–water partition coefficient (Wildman–Crippen LogP) is 2.00. The number of hydrogen-bond acceptors (Lipinski definition) is 1. The standard InChI is InChI=1S/C10H8F3N/c1-3-9(14-2)6-4-7(11)10(13)8(12)5-6/h1,4-5,9,14H,2H3. The van der Waals surface area contributed by atoms with Crippen LogP contribution in [0.3, 0.4) is 0 Å². The van der Waals surface area contributed by atoms with Crippen LogP contribution in [0.2, 0.25) is 0 Å². The van der Waals surface area contributed by atoms with Crippen LogP contribution >= 0.6 is 0 Å². The Labute approximate surface area is 79.9 Å². The first-order chi connectivity index (χ1) is 6.60. The first kappa shape index (κ1) is 10.6. The Bertz CT molecular complexity index is 358. The van der Waals surface area contributed by atoms with Crippen LogP contribution in [0.4, 0.5) is 13.2 Å². The molecule has 14 heavy (non-hydrogen) atoms. The van der Waals surface area contributed by atoms with Crippen molar-refractivity contribution in [2.24, 2.45) is 0 Å². The van der Waals surface area contributed by atoms with Gasteiger partial charge in [0.25, 0.3) is 0 Å². The molecule has 0 radical (unpaired) electrons. The van der Waals surface area contributed by atoms with Crippen LogP contribution in [-0.2, 0) is 0 Å². The Morgan fingerprint density at radius 3 is 2.14 bits per heavy atom. The fraction of sp³-hybridized carbons (Fsp3) is 0.200. The van der Waals surface area contributed by atoms with Gasteiger partial charge in [0.05, 0.1) is 6.04 Å². The van der Waals surface area contributed by atoms with Crippen molar-refractivity contribution >= 4 is 0 Å². The van der Waals surface area contributed by atoms with E-state index in [1.807, 2.05) is 0 Å². The summed E-state index contributed by atoms with van der Waals surface area (Å²) >= 11 is 0. The summed E-state index contributed by atoms with van der Waals surface area (Å²) in [4.78, 5) is 0. The first-order valence-electron chi connectivity index (χ1n) is 3.88. The average Bonchev–Trinajstić information content (AvgIpc) is 2.16. The van der Waals surface area contributed by atoms with Crippen LogP contribution in [0.15, 0.2) is 12.1 Å². The fourth-order valence-corrected chi connectivity index (χ4v) is 1.09. The van der Waals surface area contributed by atoms with Crippen LogP contribution in [0.1, 0.15) is 11.6 Å². The van der Waals surface area contributed by atoms with Gasteiger partial charge in [-0.3, -0.25) is 0 Å². The lowest BCUT2D eigenvalue weighted by molar-refractivity contribution is 0.444. The van der Waals surface area contributed by atoms with E-state index in [-0.39, 0.29) is 5.56 Å². The van der Waals surface area contributed by atoms with Crippen molar-refractivity contribution in [1.29, 1.82) is 0 Å². The van der Waals surface area contributed by atoms with Crippen LogP contribution in [-0.4, -0.2) is 7.05 Å². The van der Waals surface area contributed by atoms with E-state index < -0.39 is 23.5 Å². The Morgan fingerprint density at radius 2 is 1.79 bits per heavy atom. The summed E-state index contributed by atoms with van der Waals surface area (Å²) in [6.07, 6.45) is 5.10. The first-order valence-corrected chi connectivity index (χ1v) is 3.88. The molecular formula is C10H8F3N. The molecule has 0 aliphatic rings. The molecule has 1 N–H and O–H groups in total. The van der Waals surface area contributed by atoms with Crippen LogP contribution < -0.4 is 5.32 Å². The molecule has 1 atom stereocenters. The van der Waals surface area contributed by atoms with E-state index >= 15 is 0 Å². The SMILES string of the molecule is C#CC(NC)c1cc(F)c(F)c(F)c1. The van der Waals surface area contributed by atoms with Crippen molar-refractivity contribution in [3.63, 3.8) is 0 Å². The molecule has 4 heteroatoms. The monoisotopic (exact) mass is 199 g/mol. The lowest BCUT2D eigenvalue weighted by atomic mass is 10.1. The van der Waals surface area contributed by atoms with E-state index in [0.717, 1.165) is 12.1 Å². The number of nitrogens with one attached hydrogen (secondary N) is 1. The summed E-state index contributed by atoms with van der Waals surface area (Å²) in [5.41, 5.74) is 0.186. The van der Waals surface area contributed by atoms with Gasteiger partial charge in [0.15, 0.2) is 17.5 Å². The van der Waals surface area contributed by atoms with Crippen molar-refractivity contribution in [2.75, 3.05) is 7.05 Å². The van der Waals surface area contributed by atoms with E-state index in [2.05, 4.69) is 11.2 Å². The molecular weight excluding hydrogens is 191 g/mol. The molecule has 1 aromatic carbocycles. The third-order valence-corrected chi connectivity index (χ3v) is 1.79. The van der Waals surface area contributed by atoms with Crippen molar-refractivity contribution in [3.8, 4) is 12.3 Å². The molecule has 0 saturated heterocycles. The Hall–Kier alpha value is -1.47. The van der Waals surface area contributed by atoms with Crippen molar-refractivity contribution < 1.29 is 13.2 Å². The van der Waals surface area contributed by atoms with Crippen molar-refractivity contribution in [2.45, 2.75) is 6.04 Å². The molecule has 0 amide bonds. The summed E-state index contributed by atoms with van der Waals surface area (Å²) in [5.74, 6) is -1.69. The van der Waals surface area contributed by atoms with Gasteiger partial charge in [-0.05, 0) is 24.7 Å². The van der Waals surface area contributed by atoms with Crippen LogP contribution in [0.25, 0.3) is 0 Å². The van der Waals surface area contributed by atoms with Crippen molar-refractivity contribution in [1.82, 2.24) is 5.32 Å². The maximum absolute atomic E-state index is 12.8. The molecule has 0 spiro atoms. The maximum Gasteiger partial charge on any atom is 0.194 e. The Morgan fingerprint density at radius 1 is 1.29 bits per heavy atom. The Kier molecular flexibility index (Phi) is 3.15. The number of benzene rings is 1. The van der Waals surface area contributed by atoms with Gasteiger partial charge in [-0.1, -0.05) is 5.92 Å². The highest BCUT2D eigenvalue weighted by molar-refractivity contribution is 5.27. The molecule has 1 rings (SSSR count). The summed E-state index contributed by atoms with van der Waals surface area (Å²) < 4.78 is 38.1. The molecule has 0 fully saturated rings. The molecule has 0 bridgehead atoms. The minimum Gasteiger partial charge on any atom is -0.303 e. The lowest BCUT2D eigenvalue weighted by Gasteiger charge is -2.10. The summed E-state index contributed by atoms with van der Waals surface area (Å²) in [5, 5.41) is 2.65. The normalized spacial score (nSPS) is 12.2. The summed E-state index contributed by atoms with van der Waals surface area (Å²) in [6, 6.07) is 1.12. The summed E-state index contributed by atoms with van der Waals surface area (Å²) in [7, 11) is 1.55. The smallest absolute Gasteiger partial charge is 0.194 e. The average molecular weight is 199 g/mol. The number of halogens is 3. The fourth-order valence-electron chi connectivity index (χ4n) is 1.09. The third kappa shape index (κ3) is 1.88. The van der Waals surface area contributed by atoms with Crippen LogP contribution in [0.5, 0.6) is 0 Å². The second-order valence-electron chi connectivity index (χ2n) is 2.69. The minimum atomic E-state index is -1.49. The zero-order valence-electron chi connectivity index (χ0n) is 7.44. The number of hydrogen-bond donors (Lipinski definition) is 1. The van der Waals surface area contributed by atoms with Gasteiger partial charge < -0.3 is 5.32 Å². The molecule has 74 valence electrons. The number of rotatable bonds is 2. The van der Waals surface area contributed by atoms with Gasteiger partial charge in [-0.15, -0.1) is 6.42 Å². The second kappa shape index (κ2) is 4.16. The molecule has 0 heterocycles. The lowest BCUT2D eigenvalue weighted by Crippen LogP contribution is -2.15. The van der Waals surface area contributed by atoms with E-state index in [4.69, 9.17) is 6.42 Å². The third-order valence-electron chi connectivity index (χ3n) is 1.79. The molecule has 0 aliphatic carbocycles. The van der Waals surface area contributed by atoms with Crippen LogP contribution in [0, 0.1) is 29.8 Å². The van der Waals surface area contributed by atoms with Gasteiger partial charge >= 0.3 is 0 Å². The van der Waals surface area contributed by atoms with Crippen molar-refractivity contribution in [3.05, 3.63) is 35.1 Å². The largest absolute Gasteiger partial charge is 0.303 e. The quantitative estimate of drug-likeness (QED) is 0.567. The highest BCUT2D eigenvalue weighted by atomic mass is 19.2. The highest BCUT2D eigenvalue weighted by Gasteiger charge is 2.14. The molecule has 0 aromatic heterocycles. The minimum absolute atomic E-state index is 0.186. The van der Waals surface area contributed by atoms with E-state index in [1.54, 1.807) is 7.05 Å². The summed E-state index contributed by atoms with van der Waals surface area (Å²) in [6.45, 7) is 0. The van der Waals surface area contributed by atoms with Gasteiger partial charge in [0.1, 0.15) is 0 Å². The van der Waals surface area contributed by atoms with Gasteiger partial charge in [0.2, 0.25) is 0 Å². The van der Waals surface area contributed by atoms with Gasteiger partial charge in [-0.2, -0.15) is 0 Å². The van der Waals surface area contributed by atoms with Gasteiger partial charge in [0, 0.05) is 0 Å². The zero-order chi connectivity index (χ0) is 10.7. The molecule has 1 aromatic rings. The zero-order valence-corrected chi connectivity index (χ0v) is 7.44. The molecule has 0 saturated carbocycles. The highest BCUT2D eigenvalue weighted by Crippen LogP contribution is 2.18. The van der Waals surface area contributed by atoms with E-state index in [9.17, 15) is 13.2 Å².